The maximum absolute atomic E-state index is 12.7. The van der Waals surface area contributed by atoms with Gasteiger partial charge in [-0.1, -0.05) is 24.6 Å². The van der Waals surface area contributed by atoms with Crippen molar-refractivity contribution in [2.45, 2.75) is 19.3 Å². The summed E-state index contributed by atoms with van der Waals surface area (Å²) >= 11 is 5.77. The zero-order valence-electron chi connectivity index (χ0n) is 7.63. The molecule has 0 aliphatic rings. The predicted octanol–water partition coefficient (Wildman–Crippen LogP) is 3.06. The van der Waals surface area contributed by atoms with Gasteiger partial charge in [0.15, 0.2) is 0 Å². The molecule has 76 valence electrons. The molecule has 0 aliphatic carbocycles. The van der Waals surface area contributed by atoms with Crippen molar-refractivity contribution >= 4 is 17.6 Å². The van der Waals surface area contributed by atoms with Crippen LogP contribution in [0.5, 0.6) is 0 Å². The van der Waals surface area contributed by atoms with Crippen LogP contribution in [0.1, 0.15) is 24.8 Å². The highest BCUT2D eigenvalue weighted by Crippen LogP contribution is 2.27. The summed E-state index contributed by atoms with van der Waals surface area (Å²) in [6.45, 7) is 1.74. The molecule has 4 heteroatoms. The summed E-state index contributed by atoms with van der Waals surface area (Å²) in [6.07, 6.45) is -0.00858. The Morgan fingerprint density at radius 3 is 2.79 bits per heavy atom. The Labute approximate surface area is 86.3 Å². The van der Waals surface area contributed by atoms with Gasteiger partial charge in [-0.25, -0.2) is 4.39 Å². The van der Waals surface area contributed by atoms with Gasteiger partial charge in [0.05, 0.1) is 6.42 Å². The highest BCUT2D eigenvalue weighted by molar-refractivity contribution is 6.31. The van der Waals surface area contributed by atoms with Crippen LogP contribution in [0, 0.1) is 5.82 Å². The molecule has 1 N–H and O–H groups in total. The minimum Gasteiger partial charge on any atom is -0.481 e. The third-order valence-electron chi connectivity index (χ3n) is 1.97. The number of hydrogen-bond donors (Lipinski definition) is 1. The average Bonchev–Trinajstić information content (AvgIpc) is 2.01. The molecule has 0 fully saturated rings. The molecule has 1 aromatic carbocycles. The van der Waals surface area contributed by atoms with Crippen LogP contribution in [0.2, 0.25) is 5.02 Å². The minimum absolute atomic E-state index is 0.00858. The Morgan fingerprint density at radius 1 is 1.64 bits per heavy atom. The van der Waals surface area contributed by atoms with Crippen molar-refractivity contribution in [3.05, 3.63) is 34.6 Å². The predicted molar refractivity (Wildman–Crippen MR) is 52.1 cm³/mol. The van der Waals surface area contributed by atoms with Crippen molar-refractivity contribution in [2.75, 3.05) is 0 Å². The van der Waals surface area contributed by atoms with Crippen LogP contribution in [0.25, 0.3) is 0 Å². The van der Waals surface area contributed by atoms with E-state index < -0.39 is 11.8 Å². The molecule has 1 atom stereocenters. The first-order chi connectivity index (χ1) is 6.50. The molecule has 1 rings (SSSR count). The van der Waals surface area contributed by atoms with Crippen molar-refractivity contribution < 1.29 is 14.3 Å². The highest BCUT2D eigenvalue weighted by atomic mass is 35.5. The highest BCUT2D eigenvalue weighted by Gasteiger charge is 2.13. The van der Waals surface area contributed by atoms with Gasteiger partial charge in [0, 0.05) is 5.02 Å². The monoisotopic (exact) mass is 216 g/mol. The van der Waals surface area contributed by atoms with E-state index >= 15 is 0 Å². The molecule has 0 bridgehead atoms. The first-order valence-electron chi connectivity index (χ1n) is 4.17. The van der Waals surface area contributed by atoms with Crippen molar-refractivity contribution in [3.63, 3.8) is 0 Å². The maximum Gasteiger partial charge on any atom is 0.303 e. The van der Waals surface area contributed by atoms with E-state index in [1.54, 1.807) is 6.92 Å². The molecule has 0 spiro atoms. The summed E-state index contributed by atoms with van der Waals surface area (Å²) in [5.74, 6) is -1.51. The Bertz CT molecular complexity index is 352. The lowest BCUT2D eigenvalue weighted by atomic mass is 9.98. The van der Waals surface area contributed by atoms with E-state index in [9.17, 15) is 9.18 Å². The Kier molecular flexibility index (Phi) is 3.47. The van der Waals surface area contributed by atoms with E-state index in [0.717, 1.165) is 0 Å². The smallest absolute Gasteiger partial charge is 0.303 e. The molecule has 0 saturated carbocycles. The standard InChI is InChI=1S/C10H10ClFO2/c1-6(4-10(13)14)8-3-2-7(12)5-9(8)11/h2-3,5-6H,4H2,1H3,(H,13,14)/t6-/m0/s1. The van der Waals surface area contributed by atoms with Gasteiger partial charge in [0.2, 0.25) is 0 Å². The molecule has 0 heterocycles. The van der Waals surface area contributed by atoms with Crippen molar-refractivity contribution in [2.24, 2.45) is 0 Å². The minimum atomic E-state index is -0.891. The number of carboxylic acid groups (broad SMARTS) is 1. The second-order valence-corrected chi connectivity index (χ2v) is 3.57. The number of benzene rings is 1. The van der Waals surface area contributed by atoms with Crippen LogP contribution in [0.15, 0.2) is 18.2 Å². The molecule has 0 amide bonds. The molecule has 0 unspecified atom stereocenters. The van der Waals surface area contributed by atoms with E-state index in [4.69, 9.17) is 16.7 Å². The van der Waals surface area contributed by atoms with Gasteiger partial charge >= 0.3 is 5.97 Å². The number of rotatable bonds is 3. The van der Waals surface area contributed by atoms with Gasteiger partial charge in [-0.2, -0.15) is 0 Å². The number of aliphatic carboxylic acids is 1. The molecule has 0 aromatic heterocycles. The Morgan fingerprint density at radius 2 is 2.29 bits per heavy atom. The summed E-state index contributed by atoms with van der Waals surface area (Å²) < 4.78 is 12.7. The topological polar surface area (TPSA) is 37.3 Å². The van der Waals surface area contributed by atoms with Crippen LogP contribution in [-0.4, -0.2) is 11.1 Å². The fraction of sp³-hybridized carbons (Fsp3) is 0.300. The number of hydrogen-bond acceptors (Lipinski definition) is 1. The van der Waals surface area contributed by atoms with Crippen LogP contribution >= 0.6 is 11.6 Å². The third-order valence-corrected chi connectivity index (χ3v) is 2.30. The maximum atomic E-state index is 12.7. The van der Waals surface area contributed by atoms with E-state index in [1.807, 2.05) is 0 Å². The summed E-state index contributed by atoms with van der Waals surface area (Å²) in [7, 11) is 0. The first kappa shape index (κ1) is 11.0. The largest absolute Gasteiger partial charge is 0.481 e. The molecule has 0 aliphatic heterocycles. The number of halogens is 2. The summed E-state index contributed by atoms with van der Waals surface area (Å²) in [6, 6.07) is 3.99. The second-order valence-electron chi connectivity index (χ2n) is 3.16. The molecule has 0 radical (unpaired) electrons. The fourth-order valence-electron chi connectivity index (χ4n) is 1.27. The van der Waals surface area contributed by atoms with Gasteiger partial charge < -0.3 is 5.11 Å². The lowest BCUT2D eigenvalue weighted by Crippen LogP contribution is -2.03. The molecule has 14 heavy (non-hydrogen) atoms. The SMILES string of the molecule is C[C@@H](CC(=O)O)c1ccc(F)cc1Cl. The fourth-order valence-corrected chi connectivity index (χ4v) is 1.63. The third kappa shape index (κ3) is 2.70. The molecule has 0 saturated heterocycles. The zero-order chi connectivity index (χ0) is 10.7. The van der Waals surface area contributed by atoms with Crippen molar-refractivity contribution in [1.82, 2.24) is 0 Å². The van der Waals surface area contributed by atoms with Crippen LogP contribution in [-0.2, 0) is 4.79 Å². The molecular weight excluding hydrogens is 207 g/mol. The Balaban J connectivity index is 2.90. The summed E-state index contributed by atoms with van der Waals surface area (Å²) in [5, 5.41) is 8.85. The van der Waals surface area contributed by atoms with E-state index in [-0.39, 0.29) is 17.4 Å². The van der Waals surface area contributed by atoms with Crippen LogP contribution in [0.3, 0.4) is 0 Å². The van der Waals surface area contributed by atoms with Crippen molar-refractivity contribution in [1.29, 1.82) is 0 Å². The average molecular weight is 217 g/mol. The van der Waals surface area contributed by atoms with E-state index in [2.05, 4.69) is 0 Å². The van der Waals surface area contributed by atoms with Crippen molar-refractivity contribution in [3.8, 4) is 0 Å². The van der Waals surface area contributed by atoms with E-state index in [1.165, 1.54) is 18.2 Å². The molecule has 1 aromatic rings. The quantitative estimate of drug-likeness (QED) is 0.843. The van der Waals surface area contributed by atoms with Gasteiger partial charge in [-0.3, -0.25) is 4.79 Å². The Hall–Kier alpha value is -1.09. The second kappa shape index (κ2) is 4.42. The van der Waals surface area contributed by atoms with Crippen LogP contribution in [0.4, 0.5) is 4.39 Å². The summed E-state index contributed by atoms with van der Waals surface area (Å²) in [5.41, 5.74) is 0.662. The molecular formula is C10H10ClFO2. The van der Waals surface area contributed by atoms with Gasteiger partial charge in [0.25, 0.3) is 0 Å². The lowest BCUT2D eigenvalue weighted by Gasteiger charge is -2.10. The normalized spacial score (nSPS) is 12.5. The number of carbonyl (C=O) groups is 1. The number of carboxylic acids is 1. The summed E-state index contributed by atoms with van der Waals surface area (Å²) in [4.78, 5) is 10.4. The van der Waals surface area contributed by atoms with E-state index in [0.29, 0.717) is 5.56 Å². The van der Waals surface area contributed by atoms with Gasteiger partial charge in [0.1, 0.15) is 5.82 Å². The van der Waals surface area contributed by atoms with Crippen LogP contribution < -0.4 is 0 Å². The lowest BCUT2D eigenvalue weighted by molar-refractivity contribution is -0.137. The van der Waals surface area contributed by atoms with Gasteiger partial charge in [-0.15, -0.1) is 0 Å². The first-order valence-corrected chi connectivity index (χ1v) is 4.55. The zero-order valence-corrected chi connectivity index (χ0v) is 8.38. The van der Waals surface area contributed by atoms with Gasteiger partial charge in [-0.05, 0) is 23.6 Å². The molecule has 2 nitrogen and oxygen atoms in total.